The zero-order valence-corrected chi connectivity index (χ0v) is 15.6. The lowest BCUT2D eigenvalue weighted by Gasteiger charge is -2.39. The second-order valence-corrected chi connectivity index (χ2v) is 6.71. The van der Waals surface area contributed by atoms with Gasteiger partial charge in [-0.25, -0.2) is 0 Å². The minimum absolute atomic E-state index is 0.0478. The largest absolute Gasteiger partial charge is 0.497 e. The number of carbonyl (C=O) groups excluding carboxylic acids is 1. The number of ether oxygens (including phenoxy) is 1. The molecule has 0 saturated carbocycles. The van der Waals surface area contributed by atoms with Crippen LogP contribution in [-0.2, 0) is 10.2 Å². The molecule has 0 bridgehead atoms. The standard InChI is InChI=1S/C19H22INO2/c1-3-13-19(18(20)21-14-22,15-7-5-4-6-8-15)16-9-11-17(23-2)12-10-16/h4-12,14,18H,3,13H2,1-2H3,(H,21,22). The normalized spacial score (nSPS) is 14.6. The quantitative estimate of drug-likeness (QED) is 0.298. The fourth-order valence-electron chi connectivity index (χ4n) is 3.10. The van der Waals surface area contributed by atoms with Gasteiger partial charge in [0, 0.05) is 5.41 Å². The molecule has 2 aromatic rings. The van der Waals surface area contributed by atoms with E-state index in [1.54, 1.807) is 7.11 Å². The number of benzene rings is 2. The highest BCUT2D eigenvalue weighted by Gasteiger charge is 2.40. The number of methoxy groups -OCH3 is 1. The number of carbonyl (C=O) groups is 1. The summed E-state index contributed by atoms with van der Waals surface area (Å²) in [4.78, 5) is 11.1. The molecule has 1 amide bonds. The van der Waals surface area contributed by atoms with Crippen LogP contribution in [0, 0.1) is 0 Å². The van der Waals surface area contributed by atoms with Crippen LogP contribution in [0.25, 0.3) is 0 Å². The molecule has 0 heterocycles. The maximum Gasteiger partial charge on any atom is 0.207 e. The lowest BCUT2D eigenvalue weighted by Crippen LogP contribution is -2.45. The Kier molecular flexibility index (Phi) is 6.45. The zero-order valence-electron chi connectivity index (χ0n) is 13.5. The van der Waals surface area contributed by atoms with Gasteiger partial charge >= 0.3 is 0 Å². The lowest BCUT2D eigenvalue weighted by atomic mass is 9.71. The average molecular weight is 423 g/mol. The van der Waals surface area contributed by atoms with E-state index in [0.717, 1.165) is 25.0 Å². The Hall–Kier alpha value is -1.56. The molecule has 0 saturated heterocycles. The van der Waals surface area contributed by atoms with Gasteiger partial charge in [0.15, 0.2) is 0 Å². The highest BCUT2D eigenvalue weighted by atomic mass is 127. The van der Waals surface area contributed by atoms with E-state index in [1.807, 2.05) is 30.3 Å². The van der Waals surface area contributed by atoms with Gasteiger partial charge in [0.05, 0.1) is 11.2 Å². The van der Waals surface area contributed by atoms with Gasteiger partial charge in [-0.3, -0.25) is 4.79 Å². The van der Waals surface area contributed by atoms with Gasteiger partial charge in [-0.05, 0) is 29.7 Å². The van der Waals surface area contributed by atoms with Crippen LogP contribution in [0.5, 0.6) is 5.75 Å². The maximum atomic E-state index is 11.1. The van der Waals surface area contributed by atoms with Crippen LogP contribution < -0.4 is 10.1 Å². The van der Waals surface area contributed by atoms with Crippen molar-refractivity contribution in [1.82, 2.24) is 5.32 Å². The molecule has 122 valence electrons. The van der Waals surface area contributed by atoms with Gasteiger partial charge in [0.2, 0.25) is 6.41 Å². The molecule has 0 aliphatic rings. The smallest absolute Gasteiger partial charge is 0.207 e. The first-order chi connectivity index (χ1) is 11.2. The first kappa shape index (κ1) is 17.8. The SMILES string of the molecule is CCCC(c1ccccc1)(c1ccc(OC)cc1)C(I)NC=O. The molecular weight excluding hydrogens is 401 g/mol. The highest BCUT2D eigenvalue weighted by Crippen LogP contribution is 2.42. The van der Waals surface area contributed by atoms with Crippen LogP contribution in [0.4, 0.5) is 0 Å². The predicted molar refractivity (Wildman–Crippen MR) is 102 cm³/mol. The van der Waals surface area contributed by atoms with Gasteiger partial charge in [-0.15, -0.1) is 0 Å². The molecular formula is C19H22INO2. The Bertz CT molecular complexity index is 615. The number of alkyl halides is 1. The van der Waals surface area contributed by atoms with Crippen molar-refractivity contribution in [2.24, 2.45) is 0 Å². The fraction of sp³-hybridized carbons (Fsp3) is 0.316. The number of nitrogens with one attached hydrogen (secondary N) is 1. The van der Waals surface area contributed by atoms with E-state index in [4.69, 9.17) is 4.74 Å². The molecule has 3 nitrogen and oxygen atoms in total. The van der Waals surface area contributed by atoms with Crippen LogP contribution >= 0.6 is 22.6 Å². The Morgan fingerprint density at radius 1 is 1.13 bits per heavy atom. The third-order valence-electron chi connectivity index (χ3n) is 4.19. The molecule has 2 atom stereocenters. The molecule has 4 heteroatoms. The lowest BCUT2D eigenvalue weighted by molar-refractivity contribution is -0.109. The minimum Gasteiger partial charge on any atom is -0.497 e. The van der Waals surface area contributed by atoms with E-state index in [-0.39, 0.29) is 9.46 Å². The van der Waals surface area contributed by atoms with Crippen molar-refractivity contribution in [2.75, 3.05) is 7.11 Å². The molecule has 2 rings (SSSR count). The van der Waals surface area contributed by atoms with Crippen LogP contribution in [0.3, 0.4) is 0 Å². The molecule has 23 heavy (non-hydrogen) atoms. The van der Waals surface area contributed by atoms with Gasteiger partial charge in [-0.2, -0.15) is 0 Å². The number of hydrogen-bond acceptors (Lipinski definition) is 2. The van der Waals surface area contributed by atoms with Gasteiger partial charge in [-0.1, -0.05) is 78.4 Å². The molecule has 1 N–H and O–H groups in total. The Labute approximate surface area is 151 Å². The summed E-state index contributed by atoms with van der Waals surface area (Å²) in [5.41, 5.74) is 2.12. The number of rotatable bonds is 8. The Morgan fingerprint density at radius 2 is 1.74 bits per heavy atom. The third-order valence-corrected chi connectivity index (χ3v) is 5.61. The van der Waals surface area contributed by atoms with Gasteiger partial charge in [0.25, 0.3) is 0 Å². The van der Waals surface area contributed by atoms with Crippen LogP contribution in [0.2, 0.25) is 0 Å². The van der Waals surface area contributed by atoms with Crippen LogP contribution in [0.15, 0.2) is 54.6 Å². The molecule has 0 aliphatic carbocycles. The van der Waals surface area contributed by atoms with Crippen molar-refractivity contribution in [1.29, 1.82) is 0 Å². The molecule has 0 aromatic heterocycles. The summed E-state index contributed by atoms with van der Waals surface area (Å²) >= 11 is 2.33. The van der Waals surface area contributed by atoms with Gasteiger partial charge in [0.1, 0.15) is 5.75 Å². The van der Waals surface area contributed by atoms with Crippen molar-refractivity contribution in [3.05, 3.63) is 65.7 Å². The van der Waals surface area contributed by atoms with E-state index in [9.17, 15) is 4.79 Å². The van der Waals surface area contributed by atoms with Crippen LogP contribution in [-0.4, -0.2) is 17.6 Å². The molecule has 0 fully saturated rings. The number of amides is 1. The predicted octanol–water partition coefficient (Wildman–Crippen LogP) is 4.29. The van der Waals surface area contributed by atoms with Crippen molar-refractivity contribution in [3.63, 3.8) is 0 Å². The van der Waals surface area contributed by atoms with E-state index in [0.29, 0.717) is 0 Å². The molecule has 0 spiro atoms. The van der Waals surface area contributed by atoms with E-state index in [1.165, 1.54) is 11.1 Å². The zero-order chi connectivity index (χ0) is 16.7. The second-order valence-electron chi connectivity index (χ2n) is 5.46. The Balaban J connectivity index is 2.61. The minimum atomic E-state index is -0.274. The summed E-state index contributed by atoms with van der Waals surface area (Å²) in [7, 11) is 1.67. The van der Waals surface area contributed by atoms with Gasteiger partial charge < -0.3 is 10.1 Å². The highest BCUT2D eigenvalue weighted by molar-refractivity contribution is 14.1. The monoisotopic (exact) mass is 423 g/mol. The number of hydrogen-bond donors (Lipinski definition) is 1. The summed E-state index contributed by atoms with van der Waals surface area (Å²) in [6.07, 6.45) is 2.74. The third kappa shape index (κ3) is 3.68. The summed E-state index contributed by atoms with van der Waals surface area (Å²) < 4.78 is 5.23. The molecule has 2 unspecified atom stereocenters. The summed E-state index contributed by atoms with van der Waals surface area (Å²) in [6, 6.07) is 18.5. The van der Waals surface area contributed by atoms with E-state index in [2.05, 4.69) is 59.1 Å². The number of halogens is 1. The van der Waals surface area contributed by atoms with E-state index < -0.39 is 0 Å². The van der Waals surface area contributed by atoms with Crippen molar-refractivity contribution < 1.29 is 9.53 Å². The summed E-state index contributed by atoms with van der Waals surface area (Å²) in [5.74, 6) is 0.834. The second kappa shape index (κ2) is 8.34. The topological polar surface area (TPSA) is 38.3 Å². The van der Waals surface area contributed by atoms with Crippen molar-refractivity contribution >= 4 is 29.0 Å². The van der Waals surface area contributed by atoms with Crippen LogP contribution in [0.1, 0.15) is 30.9 Å². The first-order valence-corrected chi connectivity index (χ1v) is 8.97. The molecule has 0 radical (unpaired) electrons. The molecule has 2 aromatic carbocycles. The van der Waals surface area contributed by atoms with Crippen molar-refractivity contribution in [3.8, 4) is 5.75 Å². The maximum absolute atomic E-state index is 11.1. The first-order valence-electron chi connectivity index (χ1n) is 7.73. The summed E-state index contributed by atoms with van der Waals surface area (Å²) in [6.45, 7) is 2.17. The summed E-state index contributed by atoms with van der Waals surface area (Å²) in [5, 5.41) is 2.97. The molecule has 0 aliphatic heterocycles. The fourth-order valence-corrected chi connectivity index (χ4v) is 4.27. The van der Waals surface area contributed by atoms with E-state index >= 15 is 0 Å². The Morgan fingerprint density at radius 3 is 2.26 bits per heavy atom. The average Bonchev–Trinajstić information content (AvgIpc) is 2.61. The van der Waals surface area contributed by atoms with Crippen molar-refractivity contribution in [2.45, 2.75) is 29.2 Å².